The molecule has 1 aliphatic rings. The molecule has 0 radical (unpaired) electrons. The van der Waals surface area contributed by atoms with Gasteiger partial charge < -0.3 is 4.74 Å². The molecule has 0 aromatic rings. The van der Waals surface area contributed by atoms with Gasteiger partial charge in [0.15, 0.2) is 0 Å². The number of hydrogen-bond donors (Lipinski definition) is 0. The molecule has 1 heterocycles. The van der Waals surface area contributed by atoms with E-state index in [4.69, 9.17) is 0 Å². The highest BCUT2D eigenvalue weighted by Crippen LogP contribution is 2.21. The number of carbonyl (C=O) groups excluding carboxylic acids is 2. The van der Waals surface area contributed by atoms with E-state index in [9.17, 15) is 9.59 Å². The lowest BCUT2D eigenvalue weighted by atomic mass is 9.97. The zero-order valence-corrected chi connectivity index (χ0v) is 9.66. The first kappa shape index (κ1) is 12.4. The molecule has 1 unspecified atom stereocenters. The summed E-state index contributed by atoms with van der Waals surface area (Å²) in [4.78, 5) is 22.1. The first-order chi connectivity index (χ1) is 7.54. The Morgan fingerprint density at radius 3 is 2.75 bits per heavy atom. The van der Waals surface area contributed by atoms with E-state index in [0.29, 0.717) is 5.57 Å². The topological polar surface area (TPSA) is 43.4 Å². The van der Waals surface area contributed by atoms with Gasteiger partial charge in [0.05, 0.1) is 5.57 Å². The number of carbonyl (C=O) groups is 2. The van der Waals surface area contributed by atoms with Crippen LogP contribution in [-0.4, -0.2) is 11.9 Å². The van der Waals surface area contributed by atoms with Crippen LogP contribution in [0.3, 0.4) is 0 Å². The largest absolute Gasteiger partial charge is 0.386 e. The quantitative estimate of drug-likeness (QED) is 0.406. The van der Waals surface area contributed by atoms with E-state index in [1.54, 1.807) is 0 Å². The molecule has 0 aliphatic carbocycles. The van der Waals surface area contributed by atoms with Crippen LogP contribution in [-0.2, 0) is 14.3 Å². The zero-order valence-electron chi connectivity index (χ0n) is 9.66. The number of allylic oxidation sites excluding steroid dienone is 3. The maximum atomic E-state index is 11.3. The van der Waals surface area contributed by atoms with Crippen LogP contribution in [0.15, 0.2) is 36.0 Å². The van der Waals surface area contributed by atoms with Crippen LogP contribution in [0.1, 0.15) is 26.7 Å². The molecule has 0 saturated heterocycles. The summed E-state index contributed by atoms with van der Waals surface area (Å²) < 4.78 is 4.44. The van der Waals surface area contributed by atoms with Gasteiger partial charge in [-0.2, -0.15) is 0 Å². The van der Waals surface area contributed by atoms with E-state index in [2.05, 4.69) is 11.3 Å². The van der Waals surface area contributed by atoms with Gasteiger partial charge in [-0.3, -0.25) is 0 Å². The van der Waals surface area contributed by atoms with Crippen LogP contribution < -0.4 is 0 Å². The molecule has 0 saturated carbocycles. The molecule has 3 heteroatoms. The van der Waals surface area contributed by atoms with Crippen LogP contribution in [0.4, 0.5) is 0 Å². The number of esters is 2. The predicted octanol–water partition coefficient (Wildman–Crippen LogP) is 2.54. The molecule has 1 aliphatic heterocycles. The molecular weight excluding hydrogens is 204 g/mol. The third-order valence-corrected chi connectivity index (χ3v) is 2.47. The molecule has 16 heavy (non-hydrogen) atoms. The van der Waals surface area contributed by atoms with Crippen molar-refractivity contribution < 1.29 is 14.3 Å². The molecule has 0 fully saturated rings. The number of ether oxygens (including phenoxy) is 1. The average molecular weight is 220 g/mol. The summed E-state index contributed by atoms with van der Waals surface area (Å²) in [6.45, 7) is 7.53. The molecule has 3 nitrogen and oxygen atoms in total. The predicted molar refractivity (Wildman–Crippen MR) is 61.5 cm³/mol. The van der Waals surface area contributed by atoms with Crippen LogP contribution >= 0.6 is 0 Å². The van der Waals surface area contributed by atoms with Crippen LogP contribution in [0, 0.1) is 5.92 Å². The zero-order chi connectivity index (χ0) is 12.1. The highest BCUT2D eigenvalue weighted by molar-refractivity contribution is 6.09. The highest BCUT2D eigenvalue weighted by Gasteiger charge is 2.26. The third-order valence-electron chi connectivity index (χ3n) is 2.47. The lowest BCUT2D eigenvalue weighted by Crippen LogP contribution is -2.07. The summed E-state index contributed by atoms with van der Waals surface area (Å²) in [5, 5.41) is 0. The number of hydrogen-bond acceptors (Lipinski definition) is 3. The summed E-state index contributed by atoms with van der Waals surface area (Å²) >= 11 is 0. The average Bonchev–Trinajstić information content (AvgIpc) is 2.54. The van der Waals surface area contributed by atoms with E-state index in [1.807, 2.05) is 26.0 Å². The van der Waals surface area contributed by atoms with Crippen LogP contribution in [0.2, 0.25) is 0 Å². The fraction of sp³-hybridized carbons (Fsp3) is 0.385. The van der Waals surface area contributed by atoms with Crippen molar-refractivity contribution in [1.29, 1.82) is 0 Å². The molecule has 0 aromatic carbocycles. The van der Waals surface area contributed by atoms with Gasteiger partial charge in [0.1, 0.15) is 0 Å². The summed E-state index contributed by atoms with van der Waals surface area (Å²) in [5.74, 6) is -1.17. The summed E-state index contributed by atoms with van der Waals surface area (Å²) in [7, 11) is 0. The van der Waals surface area contributed by atoms with Gasteiger partial charge in [-0.15, -0.1) is 6.58 Å². The molecule has 0 N–H and O–H groups in total. The smallest absolute Gasteiger partial charge is 0.342 e. The normalized spacial score (nSPS) is 18.1. The highest BCUT2D eigenvalue weighted by atomic mass is 16.6. The minimum Gasteiger partial charge on any atom is -0.386 e. The van der Waals surface area contributed by atoms with Gasteiger partial charge >= 0.3 is 11.9 Å². The van der Waals surface area contributed by atoms with Gasteiger partial charge in [-0.1, -0.05) is 24.6 Å². The van der Waals surface area contributed by atoms with E-state index < -0.39 is 11.9 Å². The van der Waals surface area contributed by atoms with Crippen molar-refractivity contribution >= 4 is 11.9 Å². The Bertz CT molecular complexity index is 375. The van der Waals surface area contributed by atoms with E-state index in [0.717, 1.165) is 12.8 Å². The number of rotatable bonds is 5. The Morgan fingerprint density at radius 2 is 2.25 bits per heavy atom. The first-order valence-electron chi connectivity index (χ1n) is 5.30. The number of cyclic esters (lactones) is 2. The second kappa shape index (κ2) is 5.45. The van der Waals surface area contributed by atoms with Crippen molar-refractivity contribution in [2.45, 2.75) is 26.7 Å². The third kappa shape index (κ3) is 3.19. The first-order valence-corrected chi connectivity index (χ1v) is 5.30. The minimum atomic E-state index is -0.566. The summed E-state index contributed by atoms with van der Waals surface area (Å²) in [5.41, 5.74) is 1.61. The molecule has 1 rings (SSSR count). The van der Waals surface area contributed by atoms with E-state index in [-0.39, 0.29) is 5.92 Å². The summed E-state index contributed by atoms with van der Waals surface area (Å²) in [6, 6.07) is 0. The van der Waals surface area contributed by atoms with Crippen LogP contribution in [0.5, 0.6) is 0 Å². The maximum Gasteiger partial charge on any atom is 0.342 e. The van der Waals surface area contributed by atoms with Crippen LogP contribution in [0.25, 0.3) is 0 Å². The summed E-state index contributed by atoms with van der Waals surface area (Å²) in [6.07, 6.45) is 6.94. The monoisotopic (exact) mass is 220 g/mol. The Morgan fingerprint density at radius 1 is 1.56 bits per heavy atom. The molecule has 86 valence electrons. The SMILES string of the molecule is C=CCCC(C)=CC(C)C1=CC(=O)OC1=O. The lowest BCUT2D eigenvalue weighted by molar-refractivity contribution is -0.150. The van der Waals surface area contributed by atoms with Gasteiger partial charge in [-0.05, 0) is 19.8 Å². The maximum absolute atomic E-state index is 11.3. The van der Waals surface area contributed by atoms with Gasteiger partial charge in [-0.25, -0.2) is 9.59 Å². The second-order valence-electron chi connectivity index (χ2n) is 3.94. The second-order valence-corrected chi connectivity index (χ2v) is 3.94. The van der Waals surface area contributed by atoms with Crippen molar-refractivity contribution in [2.75, 3.05) is 0 Å². The van der Waals surface area contributed by atoms with E-state index in [1.165, 1.54) is 11.6 Å². The van der Waals surface area contributed by atoms with Crippen molar-refractivity contribution in [3.8, 4) is 0 Å². The standard InChI is InChI=1S/C13H16O3/c1-4-5-6-9(2)7-10(3)11-8-12(14)16-13(11)15/h4,7-8,10H,1,5-6H2,2-3H3. The van der Waals surface area contributed by atoms with Crippen molar-refractivity contribution in [2.24, 2.45) is 5.92 Å². The Hall–Kier alpha value is -1.64. The molecule has 0 spiro atoms. The molecule has 0 aromatic heterocycles. The lowest BCUT2D eigenvalue weighted by Gasteiger charge is -2.06. The molecule has 0 amide bonds. The Kier molecular flexibility index (Phi) is 4.23. The van der Waals surface area contributed by atoms with Crippen molar-refractivity contribution in [1.82, 2.24) is 0 Å². The molecular formula is C13H16O3. The molecule has 1 atom stereocenters. The minimum absolute atomic E-state index is 0.0798. The van der Waals surface area contributed by atoms with Gasteiger partial charge in [0.2, 0.25) is 0 Å². The molecule has 0 bridgehead atoms. The van der Waals surface area contributed by atoms with Gasteiger partial charge in [0.25, 0.3) is 0 Å². The fourth-order valence-corrected chi connectivity index (χ4v) is 1.61. The fourth-order valence-electron chi connectivity index (χ4n) is 1.61. The van der Waals surface area contributed by atoms with Gasteiger partial charge in [0, 0.05) is 12.0 Å². The van der Waals surface area contributed by atoms with Crippen molar-refractivity contribution in [3.05, 3.63) is 36.0 Å². The Labute approximate surface area is 95.5 Å². The van der Waals surface area contributed by atoms with Crippen molar-refractivity contribution in [3.63, 3.8) is 0 Å². The Balaban J connectivity index is 2.68. The van der Waals surface area contributed by atoms with E-state index >= 15 is 0 Å².